The molecule has 3 aromatic rings. The van der Waals surface area contributed by atoms with E-state index >= 15 is 0 Å². The summed E-state index contributed by atoms with van der Waals surface area (Å²) in [4.78, 5) is 33.6. The molecule has 0 aliphatic heterocycles. The normalized spacial score (nSPS) is 13.2. The van der Waals surface area contributed by atoms with E-state index in [0.717, 1.165) is 17.7 Å². The van der Waals surface area contributed by atoms with Crippen LogP contribution in [0.3, 0.4) is 0 Å². The Bertz CT molecular complexity index is 1330. The van der Waals surface area contributed by atoms with E-state index in [1.165, 1.54) is 18.5 Å². The van der Waals surface area contributed by atoms with Gasteiger partial charge in [0, 0.05) is 24.9 Å². The number of amides is 1. The quantitative estimate of drug-likeness (QED) is 0.177. The van der Waals surface area contributed by atoms with Gasteiger partial charge in [0.1, 0.15) is 6.04 Å². The monoisotopic (exact) mass is 583 g/mol. The molecule has 11 heteroatoms. The van der Waals surface area contributed by atoms with E-state index in [1.807, 2.05) is 37.3 Å². The van der Waals surface area contributed by atoms with Crippen LogP contribution >= 0.6 is 0 Å². The molecule has 0 aliphatic rings. The molecule has 0 saturated heterocycles. The van der Waals surface area contributed by atoms with E-state index in [0.29, 0.717) is 35.3 Å². The number of carbonyl (C=O) groups excluding carboxylic acids is 1. The average molecular weight is 584 g/mol. The summed E-state index contributed by atoms with van der Waals surface area (Å²) in [6.45, 7) is 7.79. The number of nitrogens with one attached hydrogen (secondary N) is 3. The van der Waals surface area contributed by atoms with Crippen molar-refractivity contribution in [2.75, 3.05) is 13.1 Å². The van der Waals surface area contributed by atoms with Gasteiger partial charge < -0.3 is 20.7 Å². The highest BCUT2D eigenvalue weighted by molar-refractivity contribution is 7.89. The van der Waals surface area contributed by atoms with Crippen molar-refractivity contribution in [3.05, 3.63) is 83.9 Å². The number of hydrogen-bond acceptors (Lipinski definition) is 7. The van der Waals surface area contributed by atoms with Crippen molar-refractivity contribution >= 4 is 21.9 Å². The summed E-state index contributed by atoms with van der Waals surface area (Å²) in [7, 11) is -4.51. The fourth-order valence-electron chi connectivity index (χ4n) is 4.44. The number of imidazole rings is 1. The molecule has 1 aromatic heterocycles. The second-order valence-corrected chi connectivity index (χ2v) is 12.4. The Hall–Kier alpha value is -3.54. The van der Waals surface area contributed by atoms with Crippen molar-refractivity contribution in [2.45, 2.75) is 70.0 Å². The number of aliphatic carboxylic acids is 1. The van der Waals surface area contributed by atoms with E-state index in [2.05, 4.69) is 34.4 Å². The zero-order valence-electron chi connectivity index (χ0n) is 23.9. The third kappa shape index (κ3) is 9.51. The van der Waals surface area contributed by atoms with Gasteiger partial charge in [-0.25, -0.2) is 22.5 Å². The van der Waals surface area contributed by atoms with Crippen LogP contribution in [-0.2, 0) is 32.6 Å². The van der Waals surface area contributed by atoms with Gasteiger partial charge >= 0.3 is 5.97 Å². The lowest BCUT2D eigenvalue weighted by atomic mass is 10.1. The molecule has 0 saturated carbocycles. The minimum atomic E-state index is -4.51. The molecule has 0 radical (unpaired) electrons. The molecule has 0 spiro atoms. The van der Waals surface area contributed by atoms with Crippen molar-refractivity contribution in [3.8, 4) is 0 Å². The first-order chi connectivity index (χ1) is 19.6. The van der Waals surface area contributed by atoms with Gasteiger partial charge in [0.2, 0.25) is 0 Å². The molecule has 2 aromatic carbocycles. The van der Waals surface area contributed by atoms with E-state index in [1.54, 1.807) is 18.3 Å². The number of nitrogens with zero attached hydrogens (tertiary/aromatic N) is 2. The van der Waals surface area contributed by atoms with Gasteiger partial charge in [-0.05, 0) is 62.9 Å². The number of carboxylic acid groups (broad SMARTS) is 1. The predicted octanol–water partition coefficient (Wildman–Crippen LogP) is 3.51. The zero-order valence-corrected chi connectivity index (χ0v) is 24.7. The van der Waals surface area contributed by atoms with Crippen molar-refractivity contribution in [1.82, 2.24) is 24.9 Å². The maximum Gasteiger partial charge on any atom is 0.327 e. The summed E-state index contributed by atoms with van der Waals surface area (Å²) >= 11 is 0. The van der Waals surface area contributed by atoms with Gasteiger partial charge in [0.25, 0.3) is 15.9 Å². The molecule has 1 amide bonds. The number of sulfonamides is 1. The summed E-state index contributed by atoms with van der Waals surface area (Å²) in [5, 5.41) is 16.7. The first-order valence-electron chi connectivity index (χ1n) is 13.9. The Morgan fingerprint density at radius 1 is 1.05 bits per heavy atom. The lowest BCUT2D eigenvalue weighted by Gasteiger charge is -2.32. The zero-order chi connectivity index (χ0) is 29.8. The molecule has 3 rings (SSSR count). The molecule has 1 heterocycles. The smallest absolute Gasteiger partial charge is 0.327 e. The first kappa shape index (κ1) is 32.0. The van der Waals surface area contributed by atoms with E-state index in [-0.39, 0.29) is 24.3 Å². The van der Waals surface area contributed by atoms with Crippen LogP contribution in [-0.4, -0.2) is 64.8 Å². The van der Waals surface area contributed by atoms with Crippen LogP contribution in [0.4, 0.5) is 0 Å². The Morgan fingerprint density at radius 3 is 2.37 bits per heavy atom. The summed E-state index contributed by atoms with van der Waals surface area (Å²) in [6, 6.07) is 12.8. The molecule has 41 heavy (non-hydrogen) atoms. The number of rotatable bonds is 17. The number of aromatic nitrogens is 2. The molecule has 0 unspecified atom stereocenters. The topological polar surface area (TPSA) is 144 Å². The van der Waals surface area contributed by atoms with Gasteiger partial charge in [-0.15, -0.1) is 0 Å². The number of aryl methyl sites for hydroxylation is 1. The van der Waals surface area contributed by atoms with E-state index in [4.69, 9.17) is 0 Å². The highest BCUT2D eigenvalue weighted by atomic mass is 32.2. The average Bonchev–Trinajstić information content (AvgIpc) is 3.45. The molecule has 0 bridgehead atoms. The Morgan fingerprint density at radius 2 is 1.76 bits per heavy atom. The largest absolute Gasteiger partial charge is 0.480 e. The fourth-order valence-corrected chi connectivity index (χ4v) is 6.04. The summed E-state index contributed by atoms with van der Waals surface area (Å²) < 4.78 is 28.6. The van der Waals surface area contributed by atoms with Gasteiger partial charge in [-0.2, -0.15) is 0 Å². The van der Waals surface area contributed by atoms with Crippen LogP contribution in [0, 0.1) is 12.8 Å². The van der Waals surface area contributed by atoms with Gasteiger partial charge in [-0.3, -0.25) is 4.79 Å². The van der Waals surface area contributed by atoms with Crippen LogP contribution in [0.2, 0.25) is 0 Å². The molecule has 222 valence electrons. The Balaban J connectivity index is 1.94. The van der Waals surface area contributed by atoms with Gasteiger partial charge in [0.15, 0.2) is 0 Å². The molecular weight excluding hydrogens is 542 g/mol. The number of unbranched alkanes of at least 4 members (excludes halogenated alkanes) is 1. The minimum absolute atomic E-state index is 0.00894. The number of benzene rings is 2. The lowest BCUT2D eigenvalue weighted by Crippen LogP contribution is -2.55. The van der Waals surface area contributed by atoms with Crippen molar-refractivity contribution in [1.29, 1.82) is 0 Å². The number of carbonyl (C=O) groups is 2. The second-order valence-electron chi connectivity index (χ2n) is 10.6. The van der Waals surface area contributed by atoms with Gasteiger partial charge in [0.05, 0.1) is 17.3 Å². The lowest BCUT2D eigenvalue weighted by molar-refractivity contribution is -0.147. The number of H-pyrrole nitrogens is 1. The molecule has 4 N–H and O–H groups in total. The molecule has 0 aliphatic carbocycles. The number of aromatic amines is 1. The highest BCUT2D eigenvalue weighted by Crippen LogP contribution is 2.24. The Labute approximate surface area is 242 Å². The van der Waals surface area contributed by atoms with Crippen LogP contribution in [0.15, 0.2) is 72.0 Å². The standard InChI is InChI=1S/C30H41N5O5S/c1-22(2)18-31-16-8-7-11-28(30(37)38)35(41(39,40)26-14-12-23(3)13-15-26)29(36)27(17-25-20-32-21-34-25)33-19-24-9-5-4-6-10-24/h4-6,9-10,12-15,20-22,27-28,31,33H,7-8,11,16-19H2,1-3H3,(H,32,34)(H,37,38)/t27-,28-/m0/s1. The van der Waals surface area contributed by atoms with Crippen LogP contribution in [0.5, 0.6) is 0 Å². The molecule has 2 atom stereocenters. The third-order valence-corrected chi connectivity index (χ3v) is 8.49. The molecule has 10 nitrogen and oxygen atoms in total. The number of carboxylic acids is 1. The Kier molecular flexibility index (Phi) is 12.1. The predicted molar refractivity (Wildman–Crippen MR) is 158 cm³/mol. The fraction of sp³-hybridized carbons (Fsp3) is 0.433. The van der Waals surface area contributed by atoms with E-state index in [9.17, 15) is 23.1 Å². The van der Waals surface area contributed by atoms with E-state index < -0.39 is 34.0 Å². The van der Waals surface area contributed by atoms with Gasteiger partial charge in [-0.1, -0.05) is 61.9 Å². The first-order valence-corrected chi connectivity index (χ1v) is 15.4. The SMILES string of the molecule is Cc1ccc(S(=O)(=O)N(C(=O)[C@H](Cc2cnc[nH]2)NCc2ccccc2)[C@@H](CCCCNCC(C)C)C(=O)O)cc1. The maximum absolute atomic E-state index is 14.2. The molecular formula is C30H41N5O5S. The van der Waals surface area contributed by atoms with Crippen LogP contribution in [0.1, 0.15) is 49.9 Å². The van der Waals surface area contributed by atoms with Crippen molar-refractivity contribution < 1.29 is 23.1 Å². The van der Waals surface area contributed by atoms with Crippen LogP contribution < -0.4 is 10.6 Å². The minimum Gasteiger partial charge on any atom is -0.480 e. The van der Waals surface area contributed by atoms with Crippen molar-refractivity contribution in [2.24, 2.45) is 5.92 Å². The summed E-state index contributed by atoms with van der Waals surface area (Å²) in [5.41, 5.74) is 2.35. The summed E-state index contributed by atoms with van der Waals surface area (Å²) in [6.07, 6.45) is 4.19. The maximum atomic E-state index is 14.2. The summed E-state index contributed by atoms with van der Waals surface area (Å²) in [5.74, 6) is -1.72. The third-order valence-electron chi connectivity index (χ3n) is 6.67. The highest BCUT2D eigenvalue weighted by Gasteiger charge is 2.42. The van der Waals surface area contributed by atoms with Crippen LogP contribution in [0.25, 0.3) is 0 Å². The second kappa shape index (κ2) is 15.5. The number of hydrogen-bond donors (Lipinski definition) is 4. The van der Waals surface area contributed by atoms with Crippen molar-refractivity contribution in [3.63, 3.8) is 0 Å². The molecule has 0 fully saturated rings.